The SMILES string of the molecule is OC(c1cncnc1)c1cc(Br)c(Cl)s1. The summed E-state index contributed by atoms with van der Waals surface area (Å²) in [6.45, 7) is 0. The number of nitrogens with zero attached hydrogens (tertiary/aromatic N) is 2. The van der Waals surface area contributed by atoms with Gasteiger partial charge in [0, 0.05) is 27.3 Å². The van der Waals surface area contributed by atoms with Crippen molar-refractivity contribution < 1.29 is 5.11 Å². The summed E-state index contributed by atoms with van der Waals surface area (Å²) in [5.74, 6) is 0. The minimum Gasteiger partial charge on any atom is -0.383 e. The van der Waals surface area contributed by atoms with Gasteiger partial charge in [-0.05, 0) is 22.0 Å². The number of halogens is 2. The molecule has 2 aromatic heterocycles. The molecule has 1 atom stereocenters. The maximum atomic E-state index is 9.98. The van der Waals surface area contributed by atoms with Gasteiger partial charge in [0.05, 0.1) is 0 Å². The molecule has 0 saturated heterocycles. The molecule has 0 aromatic carbocycles. The number of hydrogen-bond acceptors (Lipinski definition) is 4. The molecule has 3 nitrogen and oxygen atoms in total. The topological polar surface area (TPSA) is 46.0 Å². The van der Waals surface area contributed by atoms with Crippen molar-refractivity contribution in [3.8, 4) is 0 Å². The molecular formula is C9H6BrClN2OS. The summed E-state index contributed by atoms with van der Waals surface area (Å²) in [6.07, 6.45) is 3.87. The van der Waals surface area contributed by atoms with Gasteiger partial charge < -0.3 is 5.11 Å². The molecule has 0 bridgehead atoms. The molecule has 0 aliphatic rings. The fourth-order valence-corrected chi connectivity index (χ4v) is 2.86. The number of aliphatic hydroxyl groups excluding tert-OH is 1. The van der Waals surface area contributed by atoms with Crippen molar-refractivity contribution in [2.24, 2.45) is 0 Å². The second kappa shape index (κ2) is 4.57. The van der Waals surface area contributed by atoms with Crippen LogP contribution >= 0.6 is 38.9 Å². The van der Waals surface area contributed by atoms with E-state index in [9.17, 15) is 5.11 Å². The quantitative estimate of drug-likeness (QED) is 0.927. The molecule has 0 saturated carbocycles. The van der Waals surface area contributed by atoms with E-state index in [2.05, 4.69) is 25.9 Å². The molecule has 1 N–H and O–H groups in total. The lowest BCUT2D eigenvalue weighted by Gasteiger charge is -2.06. The standard InChI is InChI=1S/C9H6BrClN2OS/c10-6-1-7(15-9(6)11)8(14)5-2-12-4-13-3-5/h1-4,8,14H. The van der Waals surface area contributed by atoms with Gasteiger partial charge in [-0.15, -0.1) is 11.3 Å². The van der Waals surface area contributed by atoms with Crippen molar-refractivity contribution >= 4 is 38.9 Å². The molecule has 15 heavy (non-hydrogen) atoms. The van der Waals surface area contributed by atoms with Gasteiger partial charge in [0.2, 0.25) is 0 Å². The number of aromatic nitrogens is 2. The van der Waals surface area contributed by atoms with E-state index in [1.165, 1.54) is 17.7 Å². The maximum absolute atomic E-state index is 9.98. The monoisotopic (exact) mass is 304 g/mol. The van der Waals surface area contributed by atoms with Crippen LogP contribution in [0.5, 0.6) is 0 Å². The average Bonchev–Trinajstić information content (AvgIpc) is 2.59. The Bertz CT molecular complexity index is 443. The lowest BCUT2D eigenvalue weighted by atomic mass is 10.2. The van der Waals surface area contributed by atoms with Crippen LogP contribution in [0.15, 0.2) is 29.3 Å². The highest BCUT2D eigenvalue weighted by atomic mass is 79.9. The van der Waals surface area contributed by atoms with Crippen LogP contribution < -0.4 is 0 Å². The molecule has 6 heteroatoms. The van der Waals surface area contributed by atoms with Crippen LogP contribution in [-0.2, 0) is 0 Å². The highest BCUT2D eigenvalue weighted by Crippen LogP contribution is 2.36. The molecule has 2 rings (SSSR count). The number of aliphatic hydroxyl groups is 1. The Morgan fingerprint density at radius 1 is 1.40 bits per heavy atom. The molecule has 2 heterocycles. The Morgan fingerprint density at radius 2 is 2.07 bits per heavy atom. The van der Waals surface area contributed by atoms with Crippen molar-refractivity contribution in [3.05, 3.63) is 44.0 Å². The van der Waals surface area contributed by atoms with Crippen LogP contribution in [0, 0.1) is 0 Å². The second-order valence-corrected chi connectivity index (χ2v) is 5.38. The van der Waals surface area contributed by atoms with E-state index >= 15 is 0 Å². The molecule has 1 unspecified atom stereocenters. The van der Waals surface area contributed by atoms with Crippen LogP contribution in [0.3, 0.4) is 0 Å². The molecule has 0 aliphatic heterocycles. The molecule has 0 aliphatic carbocycles. The molecular weight excluding hydrogens is 300 g/mol. The predicted molar refractivity (Wildman–Crippen MR) is 63.1 cm³/mol. The van der Waals surface area contributed by atoms with Crippen molar-refractivity contribution in [1.82, 2.24) is 9.97 Å². The minimum absolute atomic E-state index is 0.626. The first-order valence-corrected chi connectivity index (χ1v) is 6.05. The summed E-state index contributed by atoms with van der Waals surface area (Å²) < 4.78 is 1.42. The molecule has 78 valence electrons. The van der Waals surface area contributed by atoms with E-state index in [1.807, 2.05) is 0 Å². The van der Waals surface area contributed by atoms with Crippen LogP contribution in [0.4, 0.5) is 0 Å². The lowest BCUT2D eigenvalue weighted by Crippen LogP contribution is -1.97. The first kappa shape index (κ1) is 11.0. The smallest absolute Gasteiger partial charge is 0.116 e. The van der Waals surface area contributed by atoms with Crippen molar-refractivity contribution in [1.29, 1.82) is 0 Å². The number of rotatable bonds is 2. The first-order chi connectivity index (χ1) is 7.18. The molecule has 0 amide bonds. The molecule has 0 spiro atoms. The van der Waals surface area contributed by atoms with E-state index in [0.29, 0.717) is 9.90 Å². The van der Waals surface area contributed by atoms with Gasteiger partial charge >= 0.3 is 0 Å². The van der Waals surface area contributed by atoms with E-state index in [0.717, 1.165) is 9.35 Å². The van der Waals surface area contributed by atoms with Gasteiger partial charge in [-0.1, -0.05) is 11.6 Å². The fraction of sp³-hybridized carbons (Fsp3) is 0.111. The predicted octanol–water partition coefficient (Wildman–Crippen LogP) is 3.04. The van der Waals surface area contributed by atoms with Gasteiger partial charge in [-0.2, -0.15) is 0 Å². The zero-order valence-electron chi connectivity index (χ0n) is 7.39. The summed E-state index contributed by atoms with van der Waals surface area (Å²) in [4.78, 5) is 8.46. The fourth-order valence-electron chi connectivity index (χ4n) is 1.11. The first-order valence-electron chi connectivity index (χ1n) is 4.06. The molecule has 0 radical (unpaired) electrons. The zero-order chi connectivity index (χ0) is 10.8. The third-order valence-electron chi connectivity index (χ3n) is 1.83. The largest absolute Gasteiger partial charge is 0.383 e. The molecule has 2 aromatic rings. The Labute approximate surface area is 104 Å². The van der Waals surface area contributed by atoms with Gasteiger partial charge in [-0.25, -0.2) is 9.97 Å². The van der Waals surface area contributed by atoms with E-state index in [4.69, 9.17) is 11.6 Å². The lowest BCUT2D eigenvalue weighted by molar-refractivity contribution is 0.223. The third-order valence-corrected chi connectivity index (χ3v) is 4.36. The third kappa shape index (κ3) is 2.36. The van der Waals surface area contributed by atoms with Crippen molar-refractivity contribution in [2.45, 2.75) is 6.10 Å². The van der Waals surface area contributed by atoms with E-state index < -0.39 is 6.10 Å². The van der Waals surface area contributed by atoms with E-state index in [1.54, 1.807) is 18.5 Å². The summed E-state index contributed by atoms with van der Waals surface area (Å²) in [5, 5.41) is 9.98. The van der Waals surface area contributed by atoms with Crippen LogP contribution in [0.25, 0.3) is 0 Å². The normalized spacial score (nSPS) is 12.7. The Morgan fingerprint density at radius 3 is 2.60 bits per heavy atom. The highest BCUT2D eigenvalue weighted by Gasteiger charge is 2.15. The Hall–Kier alpha value is -0.490. The zero-order valence-corrected chi connectivity index (χ0v) is 10.6. The van der Waals surface area contributed by atoms with Gasteiger partial charge in [-0.3, -0.25) is 0 Å². The summed E-state index contributed by atoms with van der Waals surface area (Å²) in [5.41, 5.74) is 0.655. The highest BCUT2D eigenvalue weighted by molar-refractivity contribution is 9.10. The van der Waals surface area contributed by atoms with Crippen LogP contribution in [0.1, 0.15) is 16.5 Å². The summed E-state index contributed by atoms with van der Waals surface area (Å²) in [7, 11) is 0. The van der Waals surface area contributed by atoms with Gasteiger partial charge in [0.15, 0.2) is 0 Å². The van der Waals surface area contributed by atoms with Crippen LogP contribution in [-0.4, -0.2) is 15.1 Å². The number of thiophene rings is 1. The minimum atomic E-state index is -0.722. The summed E-state index contributed by atoms with van der Waals surface area (Å²) in [6, 6.07) is 1.80. The van der Waals surface area contributed by atoms with E-state index in [-0.39, 0.29) is 0 Å². The second-order valence-electron chi connectivity index (χ2n) is 2.84. The van der Waals surface area contributed by atoms with Crippen molar-refractivity contribution in [3.63, 3.8) is 0 Å². The van der Waals surface area contributed by atoms with Crippen molar-refractivity contribution in [2.75, 3.05) is 0 Å². The Balaban J connectivity index is 2.32. The summed E-state index contributed by atoms with van der Waals surface area (Å²) >= 11 is 10.5. The van der Waals surface area contributed by atoms with Gasteiger partial charge in [0.1, 0.15) is 16.8 Å². The number of hydrogen-bond donors (Lipinski definition) is 1. The molecule has 0 fully saturated rings. The Kier molecular flexibility index (Phi) is 3.35. The van der Waals surface area contributed by atoms with Crippen LogP contribution in [0.2, 0.25) is 4.34 Å². The van der Waals surface area contributed by atoms with Gasteiger partial charge in [0.25, 0.3) is 0 Å². The maximum Gasteiger partial charge on any atom is 0.116 e. The average molecular weight is 306 g/mol.